The third-order valence-electron chi connectivity index (χ3n) is 5.39. The van der Waals surface area contributed by atoms with Gasteiger partial charge in [0, 0.05) is 31.5 Å². The van der Waals surface area contributed by atoms with Crippen molar-refractivity contribution in [2.75, 3.05) is 26.3 Å². The van der Waals surface area contributed by atoms with Gasteiger partial charge in [-0.15, -0.1) is 0 Å². The lowest BCUT2D eigenvalue weighted by Crippen LogP contribution is -2.47. The van der Waals surface area contributed by atoms with E-state index in [1.165, 1.54) is 5.56 Å². The highest BCUT2D eigenvalue weighted by Gasteiger charge is 2.34. The van der Waals surface area contributed by atoms with Crippen LogP contribution < -0.4 is 5.48 Å². The van der Waals surface area contributed by atoms with Gasteiger partial charge in [-0.05, 0) is 47.9 Å². The first kappa shape index (κ1) is 17.9. The lowest BCUT2D eigenvalue weighted by Gasteiger charge is -2.41. The molecule has 0 aromatic heterocycles. The summed E-state index contributed by atoms with van der Waals surface area (Å²) < 4.78 is 5.23. The Morgan fingerprint density at radius 3 is 2.72 bits per heavy atom. The average molecular weight is 346 g/mol. The van der Waals surface area contributed by atoms with E-state index >= 15 is 0 Å². The summed E-state index contributed by atoms with van der Waals surface area (Å²) in [5.74, 6) is 0.0958. The van der Waals surface area contributed by atoms with Gasteiger partial charge in [-0.25, -0.2) is 5.48 Å². The van der Waals surface area contributed by atoms with E-state index in [0.29, 0.717) is 11.5 Å². The van der Waals surface area contributed by atoms with Gasteiger partial charge in [0.15, 0.2) is 0 Å². The van der Waals surface area contributed by atoms with Crippen molar-refractivity contribution in [3.05, 3.63) is 34.9 Å². The van der Waals surface area contributed by atoms with Gasteiger partial charge in [0.25, 0.3) is 5.91 Å². The van der Waals surface area contributed by atoms with Crippen LogP contribution in [0.1, 0.15) is 41.8 Å². The Kier molecular flexibility index (Phi) is 5.11. The number of hydrogen-bond acceptors (Lipinski definition) is 4. The van der Waals surface area contributed by atoms with E-state index < -0.39 is 5.91 Å². The molecule has 25 heavy (non-hydrogen) atoms. The van der Waals surface area contributed by atoms with Gasteiger partial charge >= 0.3 is 0 Å². The number of fused-ring (bicyclic) bond motifs is 1. The molecule has 1 unspecified atom stereocenters. The van der Waals surface area contributed by atoms with Gasteiger partial charge in [0.05, 0.1) is 13.2 Å². The Morgan fingerprint density at radius 2 is 2.12 bits per heavy atom. The molecule has 2 amide bonds. The Hall–Kier alpha value is -1.92. The van der Waals surface area contributed by atoms with Crippen molar-refractivity contribution in [3.8, 4) is 0 Å². The first-order chi connectivity index (χ1) is 11.9. The molecule has 1 fully saturated rings. The van der Waals surface area contributed by atoms with Gasteiger partial charge in [0.2, 0.25) is 5.91 Å². The number of aryl methyl sites for hydroxylation is 1. The number of amides is 2. The highest BCUT2D eigenvalue weighted by molar-refractivity contribution is 5.93. The van der Waals surface area contributed by atoms with E-state index in [1.807, 2.05) is 17.0 Å². The second kappa shape index (κ2) is 7.14. The number of carbonyl (C=O) groups excluding carboxylic acids is 2. The van der Waals surface area contributed by atoms with Crippen molar-refractivity contribution in [3.63, 3.8) is 0 Å². The zero-order valence-corrected chi connectivity index (χ0v) is 14.9. The predicted molar refractivity (Wildman–Crippen MR) is 92.4 cm³/mol. The molecular formula is C19H26N2O4. The smallest absolute Gasteiger partial charge is 0.274 e. The van der Waals surface area contributed by atoms with E-state index in [1.54, 1.807) is 18.5 Å². The van der Waals surface area contributed by atoms with Crippen LogP contribution in [0.4, 0.5) is 0 Å². The highest BCUT2D eigenvalue weighted by atomic mass is 16.5. The van der Waals surface area contributed by atoms with E-state index in [4.69, 9.17) is 9.94 Å². The third kappa shape index (κ3) is 4.02. The van der Waals surface area contributed by atoms with Crippen LogP contribution >= 0.6 is 0 Å². The third-order valence-corrected chi connectivity index (χ3v) is 5.39. The van der Waals surface area contributed by atoms with Crippen molar-refractivity contribution >= 4 is 11.8 Å². The molecule has 6 nitrogen and oxygen atoms in total. The maximum atomic E-state index is 12.1. The van der Waals surface area contributed by atoms with Crippen molar-refractivity contribution < 1.29 is 19.5 Å². The molecule has 1 atom stereocenters. The van der Waals surface area contributed by atoms with Gasteiger partial charge in [0.1, 0.15) is 0 Å². The molecule has 1 aromatic rings. The molecule has 1 aromatic carbocycles. The zero-order chi connectivity index (χ0) is 18.0. The summed E-state index contributed by atoms with van der Waals surface area (Å²) >= 11 is 0. The largest absolute Gasteiger partial charge is 0.381 e. The average Bonchev–Trinajstić information content (AvgIpc) is 2.55. The van der Waals surface area contributed by atoms with Crippen LogP contribution in [-0.4, -0.2) is 48.2 Å². The second-order valence-corrected chi connectivity index (χ2v) is 7.71. The quantitative estimate of drug-likeness (QED) is 0.629. The predicted octanol–water partition coefficient (Wildman–Crippen LogP) is 1.80. The molecule has 136 valence electrons. The summed E-state index contributed by atoms with van der Waals surface area (Å²) in [5.41, 5.74) is 4.56. The Bertz CT molecular complexity index is 671. The number of benzene rings is 1. The Labute approximate surface area is 148 Å². The van der Waals surface area contributed by atoms with Crippen molar-refractivity contribution in [2.24, 2.45) is 11.3 Å². The van der Waals surface area contributed by atoms with E-state index in [-0.39, 0.29) is 11.3 Å². The summed E-state index contributed by atoms with van der Waals surface area (Å²) in [6.07, 6.45) is 2.72. The number of nitrogens with one attached hydrogen (secondary N) is 1. The van der Waals surface area contributed by atoms with E-state index in [0.717, 1.165) is 51.1 Å². The Morgan fingerprint density at radius 1 is 1.36 bits per heavy atom. The van der Waals surface area contributed by atoms with Crippen LogP contribution in [0.3, 0.4) is 0 Å². The molecule has 2 aliphatic rings. The Balaban J connectivity index is 1.71. The van der Waals surface area contributed by atoms with Crippen LogP contribution in [0.2, 0.25) is 0 Å². The van der Waals surface area contributed by atoms with Crippen LogP contribution in [-0.2, 0) is 22.4 Å². The molecule has 0 spiro atoms. The van der Waals surface area contributed by atoms with Crippen molar-refractivity contribution in [1.82, 2.24) is 10.4 Å². The lowest BCUT2D eigenvalue weighted by molar-refractivity contribution is -0.134. The standard InChI is InChI=1S/C19H26N2O4/c1-13(22)21(9-14-10-25-11-14)12-19(2)6-5-15-7-16(18(23)20-24)3-4-17(15)8-19/h3-4,7,14,24H,5-6,8-12H2,1-2H3,(H,20,23). The van der Waals surface area contributed by atoms with Crippen LogP contribution in [0.15, 0.2) is 18.2 Å². The summed E-state index contributed by atoms with van der Waals surface area (Å²) in [6.45, 7) is 6.89. The summed E-state index contributed by atoms with van der Waals surface area (Å²) in [7, 11) is 0. The van der Waals surface area contributed by atoms with E-state index in [2.05, 4.69) is 6.92 Å². The van der Waals surface area contributed by atoms with Gasteiger partial charge in [-0.1, -0.05) is 13.0 Å². The van der Waals surface area contributed by atoms with Crippen LogP contribution in [0.25, 0.3) is 0 Å². The van der Waals surface area contributed by atoms with Gasteiger partial charge in [-0.3, -0.25) is 14.8 Å². The topological polar surface area (TPSA) is 78.9 Å². The molecule has 0 saturated carbocycles. The minimum Gasteiger partial charge on any atom is -0.381 e. The number of hydroxylamine groups is 1. The monoisotopic (exact) mass is 346 g/mol. The summed E-state index contributed by atoms with van der Waals surface area (Å²) in [6, 6.07) is 5.56. The number of rotatable bonds is 5. The zero-order valence-electron chi connectivity index (χ0n) is 14.9. The molecule has 1 heterocycles. The fraction of sp³-hybridized carbons (Fsp3) is 0.579. The first-order valence-corrected chi connectivity index (χ1v) is 8.80. The molecule has 6 heteroatoms. The second-order valence-electron chi connectivity index (χ2n) is 7.71. The first-order valence-electron chi connectivity index (χ1n) is 8.80. The SMILES string of the molecule is CC(=O)N(CC1COC1)CC1(C)CCc2cc(C(=O)NO)ccc2C1. The molecule has 3 rings (SSSR count). The number of nitrogens with zero attached hydrogens (tertiary/aromatic N) is 1. The van der Waals surface area contributed by atoms with Crippen molar-refractivity contribution in [2.45, 2.75) is 33.1 Å². The van der Waals surface area contributed by atoms with Crippen LogP contribution in [0, 0.1) is 11.3 Å². The lowest BCUT2D eigenvalue weighted by atomic mass is 9.72. The van der Waals surface area contributed by atoms with Crippen molar-refractivity contribution in [1.29, 1.82) is 0 Å². The van der Waals surface area contributed by atoms with E-state index in [9.17, 15) is 9.59 Å². The fourth-order valence-electron chi connectivity index (χ4n) is 3.82. The molecule has 0 radical (unpaired) electrons. The maximum absolute atomic E-state index is 12.1. The normalized spacial score (nSPS) is 22.7. The van der Waals surface area contributed by atoms with Gasteiger partial charge < -0.3 is 9.64 Å². The molecule has 0 bridgehead atoms. The van der Waals surface area contributed by atoms with Gasteiger partial charge in [-0.2, -0.15) is 0 Å². The number of carbonyl (C=O) groups is 2. The molecule has 1 aliphatic heterocycles. The maximum Gasteiger partial charge on any atom is 0.274 e. The highest BCUT2D eigenvalue weighted by Crippen LogP contribution is 2.36. The minimum atomic E-state index is -0.485. The number of ether oxygens (including phenoxy) is 1. The van der Waals surface area contributed by atoms with Crippen LogP contribution in [0.5, 0.6) is 0 Å². The molecule has 1 aliphatic carbocycles. The molecular weight excluding hydrogens is 320 g/mol. The summed E-state index contributed by atoms with van der Waals surface area (Å²) in [4.78, 5) is 25.6. The summed E-state index contributed by atoms with van der Waals surface area (Å²) in [5, 5.41) is 8.78. The molecule has 1 saturated heterocycles. The minimum absolute atomic E-state index is 0.0318. The molecule has 2 N–H and O–H groups in total. The number of hydrogen-bond donors (Lipinski definition) is 2. The fourth-order valence-corrected chi connectivity index (χ4v) is 3.82.